The summed E-state index contributed by atoms with van der Waals surface area (Å²) < 4.78 is 30.6. The number of amides is 5. The monoisotopic (exact) mass is 766 g/mol. The molecule has 51 heavy (non-hydrogen) atoms. The molecule has 0 bridgehead atoms. The van der Waals surface area contributed by atoms with Crippen LogP contribution in [0.1, 0.15) is 60.0 Å². The van der Waals surface area contributed by atoms with Gasteiger partial charge in [-0.25, -0.2) is 0 Å². The average molecular weight is 768 g/mol. The van der Waals surface area contributed by atoms with Gasteiger partial charge in [0.15, 0.2) is 0 Å². The van der Waals surface area contributed by atoms with Gasteiger partial charge in [-0.15, -0.1) is 0 Å². The number of piperidine rings is 2. The lowest BCUT2D eigenvalue weighted by Crippen LogP contribution is -2.52. The van der Waals surface area contributed by atoms with Gasteiger partial charge in [-0.3, -0.25) is 39.3 Å². The second-order valence-electron chi connectivity index (χ2n) is 12.9. The van der Waals surface area contributed by atoms with E-state index in [9.17, 15) is 32.8 Å². The number of allylic oxidation sites excluding steroid dienone is 3. The first-order valence-corrected chi connectivity index (χ1v) is 17.5. The number of carbonyl (C=O) groups is 5. The Morgan fingerprint density at radius 3 is 2.71 bits per heavy atom. The molecule has 0 radical (unpaired) electrons. The minimum atomic E-state index is -3.77. The van der Waals surface area contributed by atoms with Crippen molar-refractivity contribution in [2.45, 2.75) is 75.7 Å². The van der Waals surface area contributed by atoms with E-state index >= 15 is 0 Å². The largest absolute Gasteiger partial charge is 0.404 e. The molecule has 5 N–H and O–H groups in total. The normalized spacial score (nSPS) is 22.5. The third-order valence-electron chi connectivity index (χ3n) is 9.49. The number of benzene rings is 1. The number of nitrogens with two attached hydrogens (primary N) is 1. The van der Waals surface area contributed by atoms with E-state index in [0.717, 1.165) is 15.9 Å². The van der Waals surface area contributed by atoms with Gasteiger partial charge in [0.25, 0.3) is 11.8 Å². The smallest absolute Gasteiger partial charge is 0.325 e. The Labute approximate surface area is 301 Å². The number of halogens is 3. The number of nitrogens with zero attached hydrogens (tertiary/aromatic N) is 4. The van der Waals surface area contributed by atoms with Gasteiger partial charge in [-0.1, -0.05) is 34.1 Å². The van der Waals surface area contributed by atoms with E-state index in [1.54, 1.807) is 24.5 Å². The molecule has 4 heterocycles. The average Bonchev–Trinajstić information content (AvgIpc) is 3.45. The third-order valence-corrected chi connectivity index (χ3v) is 10.2. The van der Waals surface area contributed by atoms with E-state index in [1.807, 2.05) is 18.2 Å². The standard InChI is InChI=1S/C35H37BrF2N8O5/c36-25-2-1-3-26-31(25)43-27(18-41-26)22(15-39)17-40-23-9-12-45(13-10-23)30(48)8-11-35(37,38)34(51)42-16-20-4-5-24-21(14-20)19-46(33(24)50)28-6-7-29(47)44-32(28)49/h1-5,14-15,17-18,23,28,31,43H,6-13,16,19,39H2,(H,42,51)(H,44,47,49). The molecule has 1 aromatic carbocycles. The highest BCUT2D eigenvalue weighted by Crippen LogP contribution is 2.29. The molecular formula is C35H37BrF2N8O5. The maximum atomic E-state index is 14.8. The molecule has 0 spiro atoms. The Morgan fingerprint density at radius 2 is 1.96 bits per heavy atom. The van der Waals surface area contributed by atoms with Gasteiger partial charge in [0.2, 0.25) is 17.7 Å². The van der Waals surface area contributed by atoms with Crippen LogP contribution in [0.15, 0.2) is 74.6 Å². The van der Waals surface area contributed by atoms with Gasteiger partial charge in [0, 0.05) is 73.5 Å². The highest BCUT2D eigenvalue weighted by molar-refractivity contribution is 9.11. The Bertz CT molecular complexity index is 1830. The molecule has 268 valence electrons. The molecule has 16 heteroatoms. The molecule has 1 aliphatic carbocycles. The summed E-state index contributed by atoms with van der Waals surface area (Å²) in [5.74, 6) is -7.01. The van der Waals surface area contributed by atoms with Crippen LogP contribution in [0.25, 0.3) is 0 Å². The molecule has 2 unspecified atom stereocenters. The molecule has 5 aliphatic rings. The number of alkyl halides is 2. The van der Waals surface area contributed by atoms with Crippen molar-refractivity contribution >= 4 is 57.4 Å². The van der Waals surface area contributed by atoms with Crippen LogP contribution in [0, 0.1) is 0 Å². The van der Waals surface area contributed by atoms with E-state index in [2.05, 4.69) is 41.9 Å². The van der Waals surface area contributed by atoms with E-state index in [0.29, 0.717) is 48.2 Å². The van der Waals surface area contributed by atoms with Crippen molar-refractivity contribution in [1.82, 2.24) is 25.8 Å². The van der Waals surface area contributed by atoms with Crippen LogP contribution < -0.4 is 21.7 Å². The van der Waals surface area contributed by atoms with Crippen LogP contribution in [0.2, 0.25) is 0 Å². The van der Waals surface area contributed by atoms with Crippen LogP contribution in [0.5, 0.6) is 0 Å². The first kappa shape index (κ1) is 35.8. The summed E-state index contributed by atoms with van der Waals surface area (Å²) in [4.78, 5) is 74.0. The van der Waals surface area contributed by atoms with Crippen molar-refractivity contribution in [2.24, 2.45) is 15.7 Å². The topological polar surface area (TPSA) is 179 Å². The van der Waals surface area contributed by atoms with Gasteiger partial charge in [0.1, 0.15) is 12.1 Å². The number of likely N-dealkylation sites (tertiary alicyclic amines) is 1. The molecule has 2 fully saturated rings. The molecule has 2 atom stereocenters. The van der Waals surface area contributed by atoms with Crippen LogP contribution in [-0.4, -0.2) is 88.4 Å². The lowest BCUT2D eigenvalue weighted by atomic mass is 10.0. The highest BCUT2D eigenvalue weighted by Gasteiger charge is 2.41. The number of imide groups is 1. The van der Waals surface area contributed by atoms with Gasteiger partial charge in [-0.05, 0) is 48.6 Å². The Balaban J connectivity index is 0.937. The van der Waals surface area contributed by atoms with Gasteiger partial charge < -0.3 is 26.2 Å². The quantitative estimate of drug-likeness (QED) is 0.209. The van der Waals surface area contributed by atoms with Crippen LogP contribution in [-0.2, 0) is 32.3 Å². The van der Waals surface area contributed by atoms with E-state index < -0.39 is 42.5 Å². The van der Waals surface area contributed by atoms with Crippen molar-refractivity contribution in [3.8, 4) is 0 Å². The zero-order chi connectivity index (χ0) is 36.3. The lowest BCUT2D eigenvalue weighted by Gasteiger charge is -2.31. The maximum Gasteiger partial charge on any atom is 0.325 e. The number of hydrogen-bond donors (Lipinski definition) is 4. The number of carbonyl (C=O) groups excluding carboxylic acids is 5. The minimum absolute atomic E-state index is 0.0819. The number of aliphatic imine (C=N–C) groups is 2. The Hall–Kier alpha value is -4.99. The van der Waals surface area contributed by atoms with Gasteiger partial charge >= 0.3 is 5.92 Å². The molecular weight excluding hydrogens is 730 g/mol. The molecule has 2 saturated heterocycles. The van der Waals surface area contributed by atoms with E-state index in [1.165, 1.54) is 22.1 Å². The van der Waals surface area contributed by atoms with Gasteiger partial charge in [-0.2, -0.15) is 8.78 Å². The van der Waals surface area contributed by atoms with Crippen molar-refractivity contribution in [3.63, 3.8) is 0 Å². The number of hydrogen-bond acceptors (Lipinski definition) is 9. The first-order valence-electron chi connectivity index (χ1n) is 16.7. The zero-order valence-electron chi connectivity index (χ0n) is 27.5. The molecule has 5 amide bonds. The second-order valence-corrected chi connectivity index (χ2v) is 13.8. The number of rotatable bonds is 10. The summed E-state index contributed by atoms with van der Waals surface area (Å²) in [6, 6.07) is 3.73. The highest BCUT2D eigenvalue weighted by atomic mass is 79.9. The summed E-state index contributed by atoms with van der Waals surface area (Å²) >= 11 is 3.55. The van der Waals surface area contributed by atoms with Crippen molar-refractivity contribution in [2.75, 3.05) is 13.1 Å². The van der Waals surface area contributed by atoms with Crippen LogP contribution in [0.3, 0.4) is 0 Å². The molecule has 13 nitrogen and oxygen atoms in total. The number of fused-ring (bicyclic) bond motifs is 2. The summed E-state index contributed by atoms with van der Waals surface area (Å²) in [5, 5.41) is 7.87. The fraction of sp³-hybridized carbons (Fsp3) is 0.400. The summed E-state index contributed by atoms with van der Waals surface area (Å²) in [7, 11) is 0. The summed E-state index contributed by atoms with van der Waals surface area (Å²) in [6.45, 7) is 0.605. The van der Waals surface area contributed by atoms with Gasteiger partial charge in [0.05, 0.1) is 23.7 Å². The predicted molar refractivity (Wildman–Crippen MR) is 187 cm³/mol. The zero-order valence-corrected chi connectivity index (χ0v) is 29.1. The summed E-state index contributed by atoms with van der Waals surface area (Å²) in [5.41, 5.74) is 9.59. The Morgan fingerprint density at radius 1 is 1.18 bits per heavy atom. The number of nitrogens with one attached hydrogen (secondary N) is 3. The van der Waals surface area contributed by atoms with Crippen molar-refractivity contribution < 1.29 is 32.8 Å². The fourth-order valence-corrected chi connectivity index (χ4v) is 7.06. The van der Waals surface area contributed by atoms with Crippen molar-refractivity contribution in [1.29, 1.82) is 0 Å². The van der Waals surface area contributed by atoms with Crippen molar-refractivity contribution in [3.05, 3.63) is 81.3 Å². The van der Waals surface area contributed by atoms with Crippen LogP contribution >= 0.6 is 15.9 Å². The maximum absolute atomic E-state index is 14.8. The predicted octanol–water partition coefficient (Wildman–Crippen LogP) is 2.49. The second kappa shape index (κ2) is 15.1. The lowest BCUT2D eigenvalue weighted by molar-refractivity contribution is -0.148. The first-order chi connectivity index (χ1) is 24.4. The minimum Gasteiger partial charge on any atom is -0.404 e. The molecule has 0 saturated carbocycles. The third kappa shape index (κ3) is 8.00. The molecule has 6 rings (SSSR count). The van der Waals surface area contributed by atoms with E-state index in [4.69, 9.17) is 5.73 Å². The molecule has 4 aliphatic heterocycles. The van der Waals surface area contributed by atoms with Crippen LogP contribution in [0.4, 0.5) is 8.78 Å². The molecule has 0 aromatic heterocycles. The SMILES string of the molecule is NC=C(C=NC1CCN(C(=O)CCC(F)(F)C(=O)NCc2ccc3c(c2)CN(C2CCC(=O)NC2=O)C3=O)CC1)C1=CN=C2C=CC=C(Br)C2N1. The Kier molecular flexibility index (Phi) is 10.6. The van der Waals surface area contributed by atoms with E-state index in [-0.39, 0.29) is 49.8 Å². The fourth-order valence-electron chi connectivity index (χ4n) is 6.56. The molecule has 1 aromatic rings. The summed E-state index contributed by atoms with van der Waals surface area (Å²) in [6.07, 6.45) is 10.6.